The molecular formula is C14H11N3OS2. The molecule has 0 radical (unpaired) electrons. The minimum atomic E-state index is 0.0839. The molecule has 1 heterocycles. The standard InChI is InChI=1S/C14H11N3OS2/c15-13-16-17-14(20-13)19-8-12(18)11-7-3-5-9-4-1-2-6-10(9)11/h1-7H,8H2,(H2,15,16). The van der Waals surface area contributed by atoms with Crippen LogP contribution in [0.15, 0.2) is 46.8 Å². The number of nitrogen functional groups attached to an aromatic ring is 1. The summed E-state index contributed by atoms with van der Waals surface area (Å²) in [5.41, 5.74) is 6.26. The highest BCUT2D eigenvalue weighted by Crippen LogP contribution is 2.26. The number of rotatable bonds is 4. The molecule has 0 aliphatic rings. The quantitative estimate of drug-likeness (QED) is 0.592. The van der Waals surface area contributed by atoms with Gasteiger partial charge in [-0.05, 0) is 10.8 Å². The van der Waals surface area contributed by atoms with Gasteiger partial charge in [0.15, 0.2) is 10.1 Å². The van der Waals surface area contributed by atoms with Gasteiger partial charge < -0.3 is 5.73 Å². The van der Waals surface area contributed by atoms with Crippen LogP contribution in [-0.4, -0.2) is 21.7 Å². The van der Waals surface area contributed by atoms with Crippen molar-refractivity contribution in [3.05, 3.63) is 48.0 Å². The topological polar surface area (TPSA) is 68.9 Å². The SMILES string of the molecule is Nc1nnc(SCC(=O)c2cccc3ccccc23)s1. The summed E-state index contributed by atoms with van der Waals surface area (Å²) in [7, 11) is 0. The molecule has 2 aromatic carbocycles. The number of carbonyl (C=O) groups excluding carboxylic acids is 1. The third-order valence-corrected chi connectivity index (χ3v) is 4.72. The second-order valence-corrected chi connectivity index (χ2v) is 6.38. The van der Waals surface area contributed by atoms with E-state index in [1.807, 2.05) is 42.5 Å². The van der Waals surface area contributed by atoms with E-state index >= 15 is 0 Å². The van der Waals surface area contributed by atoms with E-state index in [0.29, 0.717) is 10.9 Å². The van der Waals surface area contributed by atoms with Crippen LogP contribution in [0.1, 0.15) is 10.4 Å². The Morgan fingerprint density at radius 2 is 1.95 bits per heavy atom. The largest absolute Gasteiger partial charge is 0.374 e. The molecule has 0 aliphatic carbocycles. The van der Waals surface area contributed by atoms with Crippen LogP contribution in [0.4, 0.5) is 5.13 Å². The lowest BCUT2D eigenvalue weighted by Crippen LogP contribution is -2.03. The van der Waals surface area contributed by atoms with Crippen LogP contribution in [-0.2, 0) is 0 Å². The molecule has 6 heteroatoms. The molecule has 0 amide bonds. The van der Waals surface area contributed by atoms with E-state index in [4.69, 9.17) is 5.73 Å². The van der Waals surface area contributed by atoms with Crippen molar-refractivity contribution in [2.45, 2.75) is 4.34 Å². The zero-order valence-electron chi connectivity index (χ0n) is 10.4. The molecule has 3 aromatic rings. The van der Waals surface area contributed by atoms with Crippen LogP contribution >= 0.6 is 23.1 Å². The van der Waals surface area contributed by atoms with Gasteiger partial charge in [-0.2, -0.15) is 0 Å². The fourth-order valence-corrected chi connectivity index (χ4v) is 3.47. The van der Waals surface area contributed by atoms with Gasteiger partial charge in [0.2, 0.25) is 5.13 Å². The maximum atomic E-state index is 12.3. The first-order chi connectivity index (χ1) is 9.74. The number of hydrogen-bond acceptors (Lipinski definition) is 6. The first-order valence-corrected chi connectivity index (χ1v) is 7.77. The Morgan fingerprint density at radius 3 is 2.75 bits per heavy atom. The fraction of sp³-hybridized carbons (Fsp3) is 0.0714. The smallest absolute Gasteiger partial charge is 0.203 e. The second-order valence-electron chi connectivity index (χ2n) is 4.14. The Morgan fingerprint density at radius 1 is 1.15 bits per heavy atom. The number of carbonyl (C=O) groups is 1. The van der Waals surface area contributed by atoms with Gasteiger partial charge in [0.1, 0.15) is 0 Å². The summed E-state index contributed by atoms with van der Waals surface area (Å²) in [6.07, 6.45) is 0. The van der Waals surface area contributed by atoms with Crippen molar-refractivity contribution in [1.29, 1.82) is 0 Å². The molecule has 100 valence electrons. The van der Waals surface area contributed by atoms with E-state index in [-0.39, 0.29) is 5.78 Å². The van der Waals surface area contributed by atoms with E-state index in [1.165, 1.54) is 23.1 Å². The average Bonchev–Trinajstić information content (AvgIpc) is 2.90. The highest BCUT2D eigenvalue weighted by atomic mass is 32.2. The fourth-order valence-electron chi connectivity index (χ4n) is 1.95. The summed E-state index contributed by atoms with van der Waals surface area (Å²) in [4.78, 5) is 12.3. The van der Waals surface area contributed by atoms with Gasteiger partial charge in [-0.15, -0.1) is 10.2 Å². The number of anilines is 1. The molecule has 0 bridgehead atoms. The number of benzene rings is 2. The van der Waals surface area contributed by atoms with Crippen molar-refractivity contribution in [1.82, 2.24) is 10.2 Å². The Labute approximate surface area is 124 Å². The number of aromatic nitrogens is 2. The molecule has 4 nitrogen and oxygen atoms in total. The van der Waals surface area contributed by atoms with Crippen molar-refractivity contribution in [2.75, 3.05) is 11.5 Å². The van der Waals surface area contributed by atoms with Crippen molar-refractivity contribution in [3.8, 4) is 0 Å². The van der Waals surface area contributed by atoms with Gasteiger partial charge in [0, 0.05) is 5.56 Å². The summed E-state index contributed by atoms with van der Waals surface area (Å²) in [6.45, 7) is 0. The third kappa shape index (κ3) is 2.66. The number of hydrogen-bond donors (Lipinski definition) is 1. The monoisotopic (exact) mass is 301 g/mol. The van der Waals surface area contributed by atoms with E-state index in [1.54, 1.807) is 0 Å². The molecule has 0 atom stereocenters. The summed E-state index contributed by atoms with van der Waals surface area (Å²) in [5.74, 6) is 0.420. The maximum Gasteiger partial charge on any atom is 0.203 e. The summed E-state index contributed by atoms with van der Waals surface area (Å²) in [6, 6.07) is 13.7. The molecule has 0 spiro atoms. The Bertz CT molecular complexity index is 764. The maximum absolute atomic E-state index is 12.3. The van der Waals surface area contributed by atoms with Crippen LogP contribution in [0.3, 0.4) is 0 Å². The third-order valence-electron chi connectivity index (χ3n) is 2.84. The summed E-state index contributed by atoms with van der Waals surface area (Å²) >= 11 is 2.66. The predicted molar refractivity (Wildman–Crippen MR) is 83.3 cm³/mol. The number of Topliss-reactive ketones (excluding diaryl/α,β-unsaturated/α-hetero) is 1. The van der Waals surface area contributed by atoms with Gasteiger partial charge >= 0.3 is 0 Å². The zero-order chi connectivity index (χ0) is 13.9. The average molecular weight is 301 g/mol. The normalized spacial score (nSPS) is 10.8. The van der Waals surface area contributed by atoms with Gasteiger partial charge in [-0.3, -0.25) is 4.79 Å². The molecule has 0 fully saturated rings. The van der Waals surface area contributed by atoms with Crippen LogP contribution in [0, 0.1) is 0 Å². The van der Waals surface area contributed by atoms with E-state index in [2.05, 4.69) is 10.2 Å². The van der Waals surface area contributed by atoms with Crippen molar-refractivity contribution in [3.63, 3.8) is 0 Å². The van der Waals surface area contributed by atoms with Crippen molar-refractivity contribution < 1.29 is 4.79 Å². The number of fused-ring (bicyclic) bond motifs is 1. The lowest BCUT2D eigenvalue weighted by molar-refractivity contribution is 0.102. The molecule has 0 aliphatic heterocycles. The Balaban J connectivity index is 1.82. The van der Waals surface area contributed by atoms with Crippen LogP contribution in [0.5, 0.6) is 0 Å². The van der Waals surface area contributed by atoms with Crippen LogP contribution in [0.2, 0.25) is 0 Å². The zero-order valence-corrected chi connectivity index (χ0v) is 12.1. The van der Waals surface area contributed by atoms with Crippen molar-refractivity contribution in [2.24, 2.45) is 0 Å². The van der Waals surface area contributed by atoms with Gasteiger partial charge in [0.05, 0.1) is 5.75 Å². The van der Waals surface area contributed by atoms with Crippen molar-refractivity contribution >= 4 is 44.8 Å². The minimum absolute atomic E-state index is 0.0839. The molecule has 20 heavy (non-hydrogen) atoms. The molecule has 3 rings (SSSR count). The Hall–Kier alpha value is -1.92. The first kappa shape index (κ1) is 13.1. The highest BCUT2D eigenvalue weighted by Gasteiger charge is 2.11. The predicted octanol–water partition coefficient (Wildman–Crippen LogP) is 3.25. The second kappa shape index (κ2) is 5.60. The highest BCUT2D eigenvalue weighted by molar-refractivity contribution is 8.01. The van der Waals surface area contributed by atoms with E-state index < -0.39 is 0 Å². The number of nitrogens with zero attached hydrogens (tertiary/aromatic N) is 2. The van der Waals surface area contributed by atoms with E-state index in [0.717, 1.165) is 20.7 Å². The summed E-state index contributed by atoms with van der Waals surface area (Å²) in [5, 5.41) is 10.1. The van der Waals surface area contributed by atoms with Gasteiger partial charge in [-0.25, -0.2) is 0 Å². The number of ketones is 1. The van der Waals surface area contributed by atoms with Gasteiger partial charge in [0.25, 0.3) is 0 Å². The molecular weight excluding hydrogens is 290 g/mol. The molecule has 2 N–H and O–H groups in total. The summed E-state index contributed by atoms with van der Waals surface area (Å²) < 4.78 is 0.719. The Kier molecular flexibility index (Phi) is 3.66. The number of nitrogens with two attached hydrogens (primary N) is 1. The number of thioether (sulfide) groups is 1. The molecule has 1 aromatic heterocycles. The molecule has 0 saturated heterocycles. The lowest BCUT2D eigenvalue weighted by atomic mass is 10.0. The lowest BCUT2D eigenvalue weighted by Gasteiger charge is -2.04. The van der Waals surface area contributed by atoms with Gasteiger partial charge in [-0.1, -0.05) is 65.6 Å². The minimum Gasteiger partial charge on any atom is -0.374 e. The molecule has 0 saturated carbocycles. The first-order valence-electron chi connectivity index (χ1n) is 5.97. The van der Waals surface area contributed by atoms with Crippen LogP contribution < -0.4 is 5.73 Å². The van der Waals surface area contributed by atoms with Crippen LogP contribution in [0.25, 0.3) is 10.8 Å². The molecule has 0 unspecified atom stereocenters. The van der Waals surface area contributed by atoms with E-state index in [9.17, 15) is 4.79 Å².